The van der Waals surface area contributed by atoms with E-state index in [0.29, 0.717) is 19.3 Å². The molecule has 0 aliphatic heterocycles. The molecule has 0 saturated heterocycles. The number of carbonyl (C=O) groups excluding carboxylic acids is 2. The molecule has 0 radical (unpaired) electrons. The Kier molecular flexibility index (Phi) is 40.0. The lowest BCUT2D eigenvalue weighted by Crippen LogP contribution is -2.29. The van der Waals surface area contributed by atoms with E-state index in [2.05, 4.69) is 53.3 Å². The molecule has 0 aliphatic rings. The van der Waals surface area contributed by atoms with Crippen LogP contribution in [0.15, 0.2) is 60.8 Å². The van der Waals surface area contributed by atoms with E-state index in [-0.39, 0.29) is 18.9 Å². The summed E-state index contributed by atoms with van der Waals surface area (Å²) in [7, 11) is -9.71. The molecule has 16 heteroatoms. The SMILES string of the molecule is CCCCCCCC/C=C\CCCCCCCCCC(=O)OC[C@H](COP(=O)(O)OC[C@@H](O)COP(=O)(O)O)OC(=O)CCC/C=C\C/C=C\C/C=C\C/C=C\[C@H](O)CCCC. The number of rotatable bonds is 43. The van der Waals surface area contributed by atoms with Crippen LogP contribution in [0.4, 0.5) is 0 Å². The van der Waals surface area contributed by atoms with Crippen molar-refractivity contribution in [2.45, 2.75) is 193 Å². The van der Waals surface area contributed by atoms with E-state index in [1.54, 1.807) is 0 Å². The molecule has 0 aliphatic carbocycles. The highest BCUT2D eigenvalue weighted by Crippen LogP contribution is 2.43. The van der Waals surface area contributed by atoms with Crippen LogP contribution in [0.3, 0.4) is 0 Å². The van der Waals surface area contributed by atoms with Gasteiger partial charge < -0.3 is 34.4 Å². The Morgan fingerprint density at radius 2 is 0.984 bits per heavy atom. The van der Waals surface area contributed by atoms with Crippen molar-refractivity contribution in [3.63, 3.8) is 0 Å². The maximum absolute atomic E-state index is 12.7. The number of allylic oxidation sites excluding steroid dienone is 9. The van der Waals surface area contributed by atoms with Gasteiger partial charge in [-0.05, 0) is 70.6 Å². The highest BCUT2D eigenvalue weighted by Gasteiger charge is 2.28. The minimum atomic E-state index is -4.88. The number of phosphoric acid groups is 2. The van der Waals surface area contributed by atoms with Crippen molar-refractivity contribution >= 4 is 27.6 Å². The number of unbranched alkanes of at least 4 members (excludes halogenated alkanes) is 15. The Hall–Kier alpha value is -2.22. The van der Waals surface area contributed by atoms with E-state index < -0.39 is 66.2 Å². The average Bonchev–Trinajstić information content (AvgIpc) is 3.23. The van der Waals surface area contributed by atoms with Crippen LogP contribution in [-0.2, 0) is 41.8 Å². The van der Waals surface area contributed by atoms with Crippen LogP contribution in [-0.4, -0.2) is 81.6 Å². The summed E-state index contributed by atoms with van der Waals surface area (Å²) in [5, 5.41) is 19.6. The summed E-state index contributed by atoms with van der Waals surface area (Å²) < 4.78 is 47.7. The van der Waals surface area contributed by atoms with Gasteiger partial charge >= 0.3 is 27.6 Å². The van der Waals surface area contributed by atoms with Gasteiger partial charge in [-0.1, -0.05) is 152 Å². The summed E-state index contributed by atoms with van der Waals surface area (Å²) in [6.45, 7) is 1.53. The zero-order valence-electron chi connectivity index (χ0n) is 37.8. The molecule has 0 spiro atoms. The van der Waals surface area contributed by atoms with Gasteiger partial charge in [0.05, 0.1) is 25.9 Å². The number of aliphatic hydroxyl groups is 2. The van der Waals surface area contributed by atoms with Crippen LogP contribution < -0.4 is 0 Å². The fourth-order valence-corrected chi connectivity index (χ4v) is 7.04. The fraction of sp³-hybridized carbons (Fsp3) is 0.739. The molecule has 14 nitrogen and oxygen atoms in total. The van der Waals surface area contributed by atoms with Gasteiger partial charge in [0.15, 0.2) is 6.10 Å². The second-order valence-electron chi connectivity index (χ2n) is 15.5. The van der Waals surface area contributed by atoms with E-state index >= 15 is 0 Å². The van der Waals surface area contributed by atoms with Crippen LogP contribution in [0.25, 0.3) is 0 Å². The molecule has 0 heterocycles. The van der Waals surface area contributed by atoms with Gasteiger partial charge in [-0.3, -0.25) is 23.2 Å². The third kappa shape index (κ3) is 44.4. The predicted molar refractivity (Wildman–Crippen MR) is 245 cm³/mol. The number of hydrogen-bond donors (Lipinski definition) is 5. The molecular formula is C46H82O14P2. The maximum Gasteiger partial charge on any atom is 0.472 e. The minimum absolute atomic E-state index is 0.0362. The Labute approximate surface area is 373 Å². The molecule has 360 valence electrons. The lowest BCUT2D eigenvalue weighted by Gasteiger charge is -2.20. The Balaban J connectivity index is 4.61. The predicted octanol–water partition coefficient (Wildman–Crippen LogP) is 11.0. The van der Waals surface area contributed by atoms with Crippen LogP contribution in [0.2, 0.25) is 0 Å². The lowest BCUT2D eigenvalue weighted by atomic mass is 10.1. The Morgan fingerprint density at radius 3 is 1.58 bits per heavy atom. The number of phosphoric ester groups is 2. The van der Waals surface area contributed by atoms with Gasteiger partial charge in [0, 0.05) is 12.8 Å². The van der Waals surface area contributed by atoms with Crippen LogP contribution >= 0.6 is 15.6 Å². The lowest BCUT2D eigenvalue weighted by molar-refractivity contribution is -0.161. The first kappa shape index (κ1) is 59.8. The Bertz CT molecular complexity index is 1340. The molecule has 0 aromatic heterocycles. The number of hydrogen-bond acceptors (Lipinski definition) is 11. The highest BCUT2D eigenvalue weighted by molar-refractivity contribution is 7.47. The summed E-state index contributed by atoms with van der Waals surface area (Å²) in [6, 6.07) is 0. The quantitative estimate of drug-likeness (QED) is 0.0166. The standard InChI is InChI=1S/C46H82O14P2/c1-3-5-7-8-9-10-11-12-13-14-15-16-20-23-26-29-32-36-45(49)56-40-44(41-59-62(54,55)58-39-43(48)38-57-61(51,52)53)60-46(50)37-33-30-27-24-21-18-17-19-22-25-28-31-35-42(47)34-6-4-2/h12-13,17-18,22,24-25,27,31,35,42-44,47-48H,3-11,14-16,19-21,23,26,28-30,32-34,36-41H2,1-2H3,(H,54,55)(H2,51,52,53)/b13-12-,18-17-,25-22-,27-24-,35-31-/t42-,43+,44-/m1/s1. The molecule has 1 unspecified atom stereocenters. The Morgan fingerprint density at radius 1 is 0.516 bits per heavy atom. The number of carbonyl (C=O) groups is 2. The van der Waals surface area contributed by atoms with Gasteiger partial charge in [0.2, 0.25) is 0 Å². The average molecular weight is 921 g/mol. The van der Waals surface area contributed by atoms with Crippen LogP contribution in [0, 0.1) is 0 Å². The topological polar surface area (TPSA) is 216 Å². The summed E-state index contributed by atoms with van der Waals surface area (Å²) in [5.74, 6) is -1.13. The molecule has 0 bridgehead atoms. The van der Waals surface area contributed by atoms with E-state index in [1.807, 2.05) is 30.4 Å². The second kappa shape index (κ2) is 41.5. The van der Waals surface area contributed by atoms with Crippen molar-refractivity contribution < 1.29 is 66.7 Å². The van der Waals surface area contributed by atoms with Crippen molar-refractivity contribution in [3.05, 3.63) is 60.8 Å². The molecule has 62 heavy (non-hydrogen) atoms. The van der Waals surface area contributed by atoms with Gasteiger partial charge in [-0.15, -0.1) is 0 Å². The van der Waals surface area contributed by atoms with Crippen molar-refractivity contribution in [2.75, 3.05) is 26.4 Å². The summed E-state index contributed by atoms with van der Waals surface area (Å²) in [4.78, 5) is 52.7. The molecule has 0 fully saturated rings. The molecule has 5 N–H and O–H groups in total. The fourth-order valence-electron chi connectivity index (χ4n) is 5.88. The molecular weight excluding hydrogens is 838 g/mol. The maximum atomic E-state index is 12.7. The van der Waals surface area contributed by atoms with Gasteiger partial charge in [-0.25, -0.2) is 9.13 Å². The first-order valence-corrected chi connectivity index (χ1v) is 26.1. The third-order valence-electron chi connectivity index (χ3n) is 9.44. The zero-order valence-corrected chi connectivity index (χ0v) is 39.6. The van der Waals surface area contributed by atoms with Crippen molar-refractivity contribution in [1.82, 2.24) is 0 Å². The molecule has 0 aromatic carbocycles. The summed E-state index contributed by atoms with van der Waals surface area (Å²) in [5.41, 5.74) is 0. The van der Waals surface area contributed by atoms with Gasteiger partial charge in [0.25, 0.3) is 0 Å². The van der Waals surface area contributed by atoms with Crippen molar-refractivity contribution in [2.24, 2.45) is 0 Å². The van der Waals surface area contributed by atoms with E-state index in [1.165, 1.54) is 57.8 Å². The van der Waals surface area contributed by atoms with Crippen molar-refractivity contribution in [1.29, 1.82) is 0 Å². The van der Waals surface area contributed by atoms with Gasteiger partial charge in [-0.2, -0.15) is 0 Å². The number of esters is 2. The van der Waals surface area contributed by atoms with Crippen molar-refractivity contribution in [3.8, 4) is 0 Å². The molecule has 4 atom stereocenters. The minimum Gasteiger partial charge on any atom is -0.462 e. The summed E-state index contributed by atoms with van der Waals surface area (Å²) >= 11 is 0. The number of ether oxygens (including phenoxy) is 2. The van der Waals surface area contributed by atoms with E-state index in [0.717, 1.165) is 70.6 Å². The number of aliphatic hydroxyl groups excluding tert-OH is 2. The first-order valence-electron chi connectivity index (χ1n) is 23.1. The highest BCUT2D eigenvalue weighted by atomic mass is 31.2. The van der Waals surface area contributed by atoms with Crippen LogP contribution in [0.1, 0.15) is 174 Å². The van der Waals surface area contributed by atoms with E-state index in [4.69, 9.17) is 23.8 Å². The third-order valence-corrected chi connectivity index (χ3v) is 10.9. The zero-order chi connectivity index (χ0) is 46.0. The summed E-state index contributed by atoms with van der Waals surface area (Å²) in [6.07, 6.45) is 41.2. The molecule has 0 amide bonds. The van der Waals surface area contributed by atoms with E-state index in [9.17, 15) is 33.8 Å². The van der Waals surface area contributed by atoms with Crippen LogP contribution in [0.5, 0.6) is 0 Å². The van der Waals surface area contributed by atoms with Gasteiger partial charge in [0.1, 0.15) is 12.7 Å². The normalized spacial score (nSPS) is 15.0. The largest absolute Gasteiger partial charge is 0.472 e. The smallest absolute Gasteiger partial charge is 0.462 e. The first-order chi connectivity index (χ1) is 29.8. The second-order valence-corrected chi connectivity index (χ2v) is 18.2. The molecule has 0 aromatic rings. The molecule has 0 saturated carbocycles. The molecule has 0 rings (SSSR count). The monoisotopic (exact) mass is 921 g/mol.